The van der Waals surface area contributed by atoms with Crippen LogP contribution in [0.15, 0.2) is 36.5 Å². The summed E-state index contributed by atoms with van der Waals surface area (Å²) in [7, 11) is 1.44. The van der Waals surface area contributed by atoms with E-state index in [1.165, 1.54) is 12.7 Å². The summed E-state index contributed by atoms with van der Waals surface area (Å²) in [4.78, 5) is 14.6. The van der Waals surface area contributed by atoms with Gasteiger partial charge in [-0.3, -0.25) is 4.79 Å². The number of carbonyl (C=O) groups is 1. The van der Waals surface area contributed by atoms with Crippen molar-refractivity contribution < 1.29 is 13.4 Å². The molecule has 1 aliphatic heterocycles. The maximum Gasteiger partial charge on any atom is 0.311 e. The van der Waals surface area contributed by atoms with Crippen molar-refractivity contribution in [1.82, 2.24) is 4.90 Å². The molecule has 1 fully saturated rings. The monoisotopic (exact) mass is 351 g/mol. The molecule has 132 valence electrons. The fourth-order valence-electron chi connectivity index (χ4n) is 3.60. The second kappa shape index (κ2) is 8.56. The lowest BCUT2D eigenvalue weighted by molar-refractivity contribution is -0.149. The van der Waals surface area contributed by atoms with Crippen LogP contribution >= 0.6 is 12.1 Å². The first kappa shape index (κ1) is 18.8. The van der Waals surface area contributed by atoms with Crippen LogP contribution in [-0.4, -0.2) is 36.3 Å². The molecule has 2 unspecified atom stereocenters. The molecular formula is C19H26FNO2S. The van der Waals surface area contributed by atoms with Crippen LogP contribution in [0.2, 0.25) is 0 Å². The summed E-state index contributed by atoms with van der Waals surface area (Å²) >= 11 is 0.355. The molecule has 0 spiro atoms. The number of halogens is 1. The number of likely N-dealkylation sites (tertiary alicyclic amines) is 1. The first-order chi connectivity index (χ1) is 11.5. The normalized spacial score (nSPS) is 24.1. The maximum absolute atomic E-state index is 12.5. The molecule has 0 saturated carbocycles. The van der Waals surface area contributed by atoms with E-state index in [2.05, 4.69) is 42.7 Å². The number of allylic oxidation sites excluding steroid dienone is 1. The Bertz CT molecular complexity index is 575. The molecule has 0 radical (unpaired) electrons. The minimum absolute atomic E-state index is 0.0189. The van der Waals surface area contributed by atoms with E-state index in [1.54, 1.807) is 0 Å². The highest BCUT2D eigenvalue weighted by atomic mass is 32.2. The number of nitrogens with zero attached hydrogens (tertiary/aromatic N) is 1. The fraction of sp³-hybridized carbons (Fsp3) is 0.526. The van der Waals surface area contributed by atoms with Crippen LogP contribution in [0.5, 0.6) is 0 Å². The Balaban J connectivity index is 2.26. The lowest BCUT2D eigenvalue weighted by atomic mass is 9.75. The summed E-state index contributed by atoms with van der Waals surface area (Å²) in [5.41, 5.74) is 3.35. The summed E-state index contributed by atoms with van der Waals surface area (Å²) in [6.07, 6.45) is 1.45. The van der Waals surface area contributed by atoms with E-state index in [9.17, 15) is 8.68 Å². The van der Waals surface area contributed by atoms with Crippen LogP contribution in [0, 0.1) is 12.8 Å². The minimum Gasteiger partial charge on any atom is -0.469 e. The van der Waals surface area contributed by atoms with Crippen molar-refractivity contribution in [1.29, 1.82) is 0 Å². The average molecular weight is 351 g/mol. The van der Waals surface area contributed by atoms with E-state index >= 15 is 0 Å². The van der Waals surface area contributed by atoms with Gasteiger partial charge >= 0.3 is 5.97 Å². The largest absolute Gasteiger partial charge is 0.469 e. The zero-order chi connectivity index (χ0) is 17.7. The highest BCUT2D eigenvalue weighted by Crippen LogP contribution is 2.41. The lowest BCUT2D eigenvalue weighted by Gasteiger charge is -2.45. The third kappa shape index (κ3) is 4.12. The molecule has 2 rings (SSSR count). The van der Waals surface area contributed by atoms with Gasteiger partial charge in [-0.1, -0.05) is 36.4 Å². The van der Waals surface area contributed by atoms with Crippen LogP contribution in [-0.2, 0) is 9.53 Å². The van der Waals surface area contributed by atoms with Gasteiger partial charge in [0, 0.05) is 42.1 Å². The fourth-order valence-corrected chi connectivity index (χ4v) is 3.84. The van der Waals surface area contributed by atoms with Crippen LogP contribution in [0.4, 0.5) is 3.89 Å². The van der Waals surface area contributed by atoms with E-state index in [0.717, 1.165) is 24.1 Å². The number of hydrogen-bond donors (Lipinski definition) is 0. The van der Waals surface area contributed by atoms with E-state index in [1.807, 2.05) is 6.92 Å². The van der Waals surface area contributed by atoms with Crippen LogP contribution in [0.25, 0.3) is 0 Å². The predicted molar refractivity (Wildman–Crippen MR) is 97.5 cm³/mol. The first-order valence-electron chi connectivity index (χ1n) is 8.32. The molecule has 0 amide bonds. The van der Waals surface area contributed by atoms with Crippen molar-refractivity contribution in [3.05, 3.63) is 47.7 Å². The zero-order valence-electron chi connectivity index (χ0n) is 14.6. The standard InChI is InChI=1S/C19H26FNO2S/c1-13-6-8-16(9-7-13)17-12-14(2)21(10-5-11-24-20)15(3)18(17)19(22)23-4/h6-9,15,17-18H,2,5,10-12H2,1,3-4H3/t15?,17?,18-/m1/s1. The Morgan fingerprint density at radius 1 is 1.42 bits per heavy atom. The molecule has 5 heteroatoms. The van der Waals surface area contributed by atoms with Crippen molar-refractivity contribution in [2.45, 2.75) is 38.6 Å². The van der Waals surface area contributed by atoms with E-state index in [0.29, 0.717) is 24.4 Å². The van der Waals surface area contributed by atoms with Gasteiger partial charge in [0.25, 0.3) is 0 Å². The first-order valence-corrected chi connectivity index (χ1v) is 9.20. The Labute approximate surface area is 148 Å². The molecule has 1 heterocycles. The van der Waals surface area contributed by atoms with Gasteiger partial charge in [0.15, 0.2) is 0 Å². The second-order valence-corrected chi connectivity index (χ2v) is 7.06. The molecule has 1 aromatic carbocycles. The molecule has 0 bridgehead atoms. The molecule has 3 atom stereocenters. The highest BCUT2D eigenvalue weighted by molar-refractivity contribution is 7.94. The molecule has 1 saturated heterocycles. The predicted octanol–water partition coefficient (Wildman–Crippen LogP) is 4.48. The van der Waals surface area contributed by atoms with Crippen molar-refractivity contribution >= 4 is 18.1 Å². The molecule has 24 heavy (non-hydrogen) atoms. The number of ether oxygens (including phenoxy) is 1. The number of piperidine rings is 1. The number of hydrogen-bond acceptors (Lipinski definition) is 4. The van der Waals surface area contributed by atoms with Crippen molar-refractivity contribution in [2.75, 3.05) is 19.4 Å². The number of esters is 1. The maximum atomic E-state index is 12.5. The number of benzene rings is 1. The summed E-state index contributed by atoms with van der Waals surface area (Å²) in [6.45, 7) is 9.01. The molecule has 0 aromatic heterocycles. The number of methoxy groups -OCH3 is 1. The molecular weight excluding hydrogens is 325 g/mol. The second-order valence-electron chi connectivity index (χ2n) is 6.44. The third-order valence-electron chi connectivity index (χ3n) is 4.91. The Morgan fingerprint density at radius 3 is 2.67 bits per heavy atom. The smallest absolute Gasteiger partial charge is 0.311 e. The van der Waals surface area contributed by atoms with E-state index < -0.39 is 0 Å². The van der Waals surface area contributed by atoms with Gasteiger partial charge in [-0.05, 0) is 32.3 Å². The number of aryl methyl sites for hydroxylation is 1. The Morgan fingerprint density at radius 2 is 2.08 bits per heavy atom. The van der Waals surface area contributed by atoms with Gasteiger partial charge in [-0.2, -0.15) is 3.89 Å². The van der Waals surface area contributed by atoms with Gasteiger partial charge in [0.1, 0.15) is 0 Å². The van der Waals surface area contributed by atoms with Crippen molar-refractivity contribution in [3.63, 3.8) is 0 Å². The van der Waals surface area contributed by atoms with Gasteiger partial charge in [0.05, 0.1) is 13.0 Å². The number of carbonyl (C=O) groups excluding carboxylic acids is 1. The number of rotatable bonds is 6. The van der Waals surface area contributed by atoms with Gasteiger partial charge in [0.2, 0.25) is 0 Å². The highest BCUT2D eigenvalue weighted by Gasteiger charge is 2.42. The summed E-state index contributed by atoms with van der Waals surface area (Å²) in [5.74, 6) is 0.0832. The van der Waals surface area contributed by atoms with Crippen LogP contribution < -0.4 is 0 Å². The average Bonchev–Trinajstić information content (AvgIpc) is 2.57. The minimum atomic E-state index is -0.249. The third-order valence-corrected chi connectivity index (χ3v) is 5.35. The summed E-state index contributed by atoms with van der Waals surface area (Å²) in [6, 6.07) is 8.30. The van der Waals surface area contributed by atoms with Crippen LogP contribution in [0.1, 0.15) is 36.8 Å². The summed E-state index contributed by atoms with van der Waals surface area (Å²) in [5, 5.41) is 0. The molecule has 0 N–H and O–H groups in total. The SMILES string of the molecule is C=C1CC(c2ccc(C)cc2)[C@H](C(=O)OC)C(C)N1CCCSF. The van der Waals surface area contributed by atoms with Crippen molar-refractivity contribution in [3.8, 4) is 0 Å². The summed E-state index contributed by atoms with van der Waals surface area (Å²) < 4.78 is 17.4. The van der Waals surface area contributed by atoms with E-state index in [-0.39, 0.29) is 23.8 Å². The molecule has 0 aliphatic carbocycles. The van der Waals surface area contributed by atoms with Crippen molar-refractivity contribution in [2.24, 2.45) is 5.92 Å². The molecule has 3 nitrogen and oxygen atoms in total. The van der Waals surface area contributed by atoms with Gasteiger partial charge in [-0.25, -0.2) is 0 Å². The van der Waals surface area contributed by atoms with E-state index in [4.69, 9.17) is 4.74 Å². The quantitative estimate of drug-likeness (QED) is 0.558. The van der Waals surface area contributed by atoms with Gasteiger partial charge < -0.3 is 9.64 Å². The molecule has 1 aliphatic rings. The topological polar surface area (TPSA) is 29.5 Å². The molecule has 1 aromatic rings. The lowest BCUT2D eigenvalue weighted by Crippen LogP contribution is -2.49. The Hall–Kier alpha value is -1.49. The zero-order valence-corrected chi connectivity index (χ0v) is 15.4. The Kier molecular flexibility index (Phi) is 6.72. The van der Waals surface area contributed by atoms with Crippen LogP contribution in [0.3, 0.4) is 0 Å². The van der Waals surface area contributed by atoms with Gasteiger partial charge in [-0.15, -0.1) is 0 Å².